The molecule has 0 bridgehead atoms. The van der Waals surface area contributed by atoms with E-state index in [1.54, 1.807) is 11.8 Å². The fourth-order valence-electron chi connectivity index (χ4n) is 2.67. The maximum atomic E-state index is 12.6. The van der Waals surface area contributed by atoms with Crippen LogP contribution in [0.5, 0.6) is 0 Å². The van der Waals surface area contributed by atoms with Crippen LogP contribution in [0, 0.1) is 12.8 Å². The van der Waals surface area contributed by atoms with Crippen molar-refractivity contribution >= 4 is 37.2 Å². The van der Waals surface area contributed by atoms with Crippen LogP contribution in [0.1, 0.15) is 35.7 Å². The van der Waals surface area contributed by atoms with Gasteiger partial charge in [-0.15, -0.1) is 0 Å². The van der Waals surface area contributed by atoms with E-state index < -0.39 is 9.05 Å². The van der Waals surface area contributed by atoms with Gasteiger partial charge in [-0.3, -0.25) is 4.79 Å². The minimum atomic E-state index is -3.94. The van der Waals surface area contributed by atoms with E-state index in [-0.39, 0.29) is 15.8 Å². The summed E-state index contributed by atoms with van der Waals surface area (Å²) in [5, 5.41) is 0.188. The number of hydrogen-bond acceptors (Lipinski definition) is 3. The molecule has 7 heteroatoms. The summed E-state index contributed by atoms with van der Waals surface area (Å²) < 4.78 is 23.2. The zero-order valence-corrected chi connectivity index (χ0v) is 14.2. The zero-order valence-electron chi connectivity index (χ0n) is 11.9. The number of piperidine rings is 1. The van der Waals surface area contributed by atoms with Crippen LogP contribution in [-0.4, -0.2) is 32.3 Å². The Balaban J connectivity index is 2.44. The van der Waals surface area contributed by atoms with Gasteiger partial charge in [0.05, 0.1) is 4.90 Å². The Labute approximate surface area is 134 Å². The van der Waals surface area contributed by atoms with Crippen molar-refractivity contribution in [3.8, 4) is 0 Å². The number of benzene rings is 1. The van der Waals surface area contributed by atoms with Crippen LogP contribution in [0.15, 0.2) is 17.0 Å². The number of amides is 1. The van der Waals surface area contributed by atoms with Crippen LogP contribution in [0.4, 0.5) is 0 Å². The summed E-state index contributed by atoms with van der Waals surface area (Å²) in [5.41, 5.74) is 0.647. The summed E-state index contributed by atoms with van der Waals surface area (Å²) >= 11 is 5.95. The van der Waals surface area contributed by atoms with Gasteiger partial charge in [0, 0.05) is 34.4 Å². The van der Waals surface area contributed by atoms with E-state index in [9.17, 15) is 13.2 Å². The first-order valence-electron chi connectivity index (χ1n) is 6.74. The lowest BCUT2D eigenvalue weighted by molar-refractivity contribution is 0.0682. The number of carbonyl (C=O) groups excluding carboxylic acids is 1. The molecule has 1 aromatic rings. The van der Waals surface area contributed by atoms with E-state index >= 15 is 0 Å². The van der Waals surface area contributed by atoms with Gasteiger partial charge >= 0.3 is 0 Å². The third kappa shape index (κ3) is 3.71. The average Bonchev–Trinajstić information content (AvgIpc) is 2.39. The largest absolute Gasteiger partial charge is 0.338 e. The van der Waals surface area contributed by atoms with Gasteiger partial charge in [-0.1, -0.05) is 18.5 Å². The molecule has 1 aliphatic rings. The standard InChI is InChI=1S/C14H17Cl2NO3S/c1-9-4-3-5-17(8-9)14(18)12-6-11(15)7-13(10(12)2)21(16,19)20/h6-7,9H,3-5,8H2,1-2H3. The van der Waals surface area contributed by atoms with Gasteiger partial charge in [0.2, 0.25) is 0 Å². The molecule has 21 heavy (non-hydrogen) atoms. The molecule has 116 valence electrons. The fourth-order valence-corrected chi connectivity index (χ4v) is 4.18. The summed E-state index contributed by atoms with van der Waals surface area (Å²) in [6.07, 6.45) is 2.05. The molecular formula is C14H17Cl2NO3S. The Morgan fingerprint density at radius 3 is 2.62 bits per heavy atom. The van der Waals surface area contributed by atoms with Gasteiger partial charge in [0.1, 0.15) is 0 Å². The van der Waals surface area contributed by atoms with Crippen LogP contribution in [0.3, 0.4) is 0 Å². The van der Waals surface area contributed by atoms with Crippen molar-refractivity contribution in [2.24, 2.45) is 5.92 Å². The maximum Gasteiger partial charge on any atom is 0.261 e. The zero-order chi connectivity index (χ0) is 15.8. The van der Waals surface area contributed by atoms with Gasteiger partial charge in [0.15, 0.2) is 0 Å². The highest BCUT2D eigenvalue weighted by atomic mass is 35.7. The second-order valence-corrected chi connectivity index (χ2v) is 8.48. The van der Waals surface area contributed by atoms with E-state index in [1.165, 1.54) is 12.1 Å². The maximum absolute atomic E-state index is 12.6. The molecule has 1 aromatic carbocycles. The van der Waals surface area contributed by atoms with Gasteiger partial charge < -0.3 is 4.90 Å². The minimum absolute atomic E-state index is 0.106. The van der Waals surface area contributed by atoms with Gasteiger partial charge in [-0.25, -0.2) is 8.42 Å². The number of halogens is 2. The molecular weight excluding hydrogens is 333 g/mol. The molecule has 0 spiro atoms. The van der Waals surface area contributed by atoms with Gasteiger partial charge in [0.25, 0.3) is 15.0 Å². The van der Waals surface area contributed by atoms with Crippen molar-refractivity contribution in [3.05, 3.63) is 28.3 Å². The summed E-state index contributed by atoms with van der Waals surface area (Å²) in [5.74, 6) is 0.251. The second-order valence-electron chi connectivity index (χ2n) is 5.51. The Hall–Kier alpha value is -0.780. The third-order valence-corrected chi connectivity index (χ3v) is 5.43. The van der Waals surface area contributed by atoms with Gasteiger partial charge in [-0.2, -0.15) is 0 Å². The molecule has 0 aromatic heterocycles. The van der Waals surface area contributed by atoms with Crippen LogP contribution in [0.25, 0.3) is 0 Å². The number of carbonyl (C=O) groups is 1. The molecule has 1 unspecified atom stereocenters. The Bertz CT molecular complexity index is 673. The summed E-state index contributed by atoms with van der Waals surface area (Å²) in [6.45, 7) is 5.02. The Morgan fingerprint density at radius 2 is 2.05 bits per heavy atom. The minimum Gasteiger partial charge on any atom is -0.338 e. The second kappa shape index (κ2) is 6.15. The first-order chi connectivity index (χ1) is 9.70. The van der Waals surface area contributed by atoms with Crippen molar-refractivity contribution in [1.29, 1.82) is 0 Å². The predicted molar refractivity (Wildman–Crippen MR) is 83.5 cm³/mol. The van der Waals surface area contributed by atoms with Crippen molar-refractivity contribution in [2.75, 3.05) is 13.1 Å². The SMILES string of the molecule is Cc1c(C(=O)N2CCCC(C)C2)cc(Cl)cc1S(=O)(=O)Cl. The van der Waals surface area contributed by atoms with Crippen molar-refractivity contribution in [1.82, 2.24) is 4.90 Å². The van der Waals surface area contributed by atoms with E-state index in [0.29, 0.717) is 30.1 Å². The molecule has 0 saturated carbocycles. The van der Waals surface area contributed by atoms with E-state index in [2.05, 4.69) is 6.92 Å². The highest BCUT2D eigenvalue weighted by molar-refractivity contribution is 8.13. The molecule has 0 N–H and O–H groups in total. The molecule has 1 aliphatic heterocycles. The lowest BCUT2D eigenvalue weighted by atomic mass is 9.98. The fraction of sp³-hybridized carbons (Fsp3) is 0.500. The number of nitrogens with zero attached hydrogens (tertiary/aromatic N) is 1. The van der Waals surface area contributed by atoms with Crippen LogP contribution in [0.2, 0.25) is 5.02 Å². The molecule has 4 nitrogen and oxygen atoms in total. The quantitative estimate of drug-likeness (QED) is 0.768. The lowest BCUT2D eigenvalue weighted by Crippen LogP contribution is -2.39. The smallest absolute Gasteiger partial charge is 0.261 e. The molecule has 1 heterocycles. The molecule has 1 atom stereocenters. The van der Waals surface area contributed by atoms with Crippen molar-refractivity contribution < 1.29 is 13.2 Å². The predicted octanol–water partition coefficient (Wildman–Crippen LogP) is 3.45. The van der Waals surface area contributed by atoms with Crippen molar-refractivity contribution in [3.63, 3.8) is 0 Å². The molecule has 0 aliphatic carbocycles. The van der Waals surface area contributed by atoms with Crippen LogP contribution in [-0.2, 0) is 9.05 Å². The molecule has 0 radical (unpaired) electrons. The third-order valence-electron chi connectivity index (χ3n) is 3.76. The number of likely N-dealkylation sites (tertiary alicyclic amines) is 1. The monoisotopic (exact) mass is 349 g/mol. The summed E-state index contributed by atoms with van der Waals surface area (Å²) in [7, 11) is 1.47. The molecule has 1 saturated heterocycles. The van der Waals surface area contributed by atoms with Crippen LogP contribution < -0.4 is 0 Å². The molecule has 1 fully saturated rings. The topological polar surface area (TPSA) is 54.5 Å². The van der Waals surface area contributed by atoms with Crippen LogP contribution >= 0.6 is 22.3 Å². The number of hydrogen-bond donors (Lipinski definition) is 0. The molecule has 1 amide bonds. The number of rotatable bonds is 2. The highest BCUT2D eigenvalue weighted by Gasteiger charge is 2.26. The lowest BCUT2D eigenvalue weighted by Gasteiger charge is -2.31. The Kier molecular flexibility index (Phi) is 4.85. The highest BCUT2D eigenvalue weighted by Crippen LogP contribution is 2.28. The first-order valence-corrected chi connectivity index (χ1v) is 9.43. The summed E-state index contributed by atoms with van der Waals surface area (Å²) in [6, 6.07) is 2.78. The van der Waals surface area contributed by atoms with Gasteiger partial charge in [-0.05, 0) is 43.4 Å². The van der Waals surface area contributed by atoms with Crippen molar-refractivity contribution in [2.45, 2.75) is 31.6 Å². The average molecular weight is 350 g/mol. The molecule has 2 rings (SSSR count). The Morgan fingerprint density at radius 1 is 1.38 bits per heavy atom. The first kappa shape index (κ1) is 16.6. The van der Waals surface area contributed by atoms with E-state index in [1.807, 2.05) is 0 Å². The normalized spacial score (nSPS) is 19.6. The van der Waals surface area contributed by atoms with E-state index in [0.717, 1.165) is 12.8 Å². The summed E-state index contributed by atoms with van der Waals surface area (Å²) in [4.78, 5) is 14.3. The van der Waals surface area contributed by atoms with E-state index in [4.69, 9.17) is 22.3 Å².